The molecule has 7 nitrogen and oxygen atoms in total. The maximum absolute atomic E-state index is 12.4. The van der Waals surface area contributed by atoms with E-state index in [1.807, 2.05) is 35.7 Å². The Morgan fingerprint density at radius 1 is 1.15 bits per heavy atom. The molecule has 0 aliphatic rings. The summed E-state index contributed by atoms with van der Waals surface area (Å²) >= 11 is 1.30. The molecule has 4 rings (SSSR count). The van der Waals surface area contributed by atoms with Crippen LogP contribution >= 0.6 is 11.3 Å². The molecule has 1 N–H and O–H groups in total. The lowest BCUT2D eigenvalue weighted by Gasteiger charge is -2.06. The normalized spacial score (nSPS) is 10.5. The molecule has 0 atom stereocenters. The molecule has 0 radical (unpaired) electrons. The molecule has 0 aliphatic carbocycles. The monoisotopic (exact) mass is 378 g/mol. The lowest BCUT2D eigenvalue weighted by molar-refractivity contribution is 0.102. The molecule has 1 aromatic carbocycles. The van der Waals surface area contributed by atoms with Crippen molar-refractivity contribution >= 4 is 22.4 Å². The van der Waals surface area contributed by atoms with Crippen LogP contribution in [-0.2, 0) is 6.61 Å². The van der Waals surface area contributed by atoms with Gasteiger partial charge in [-0.3, -0.25) is 10.1 Å². The number of thiazole rings is 1. The number of rotatable bonds is 6. The summed E-state index contributed by atoms with van der Waals surface area (Å²) in [7, 11) is 0. The Kier molecular flexibility index (Phi) is 4.88. The predicted molar refractivity (Wildman–Crippen MR) is 101 cm³/mol. The van der Waals surface area contributed by atoms with Gasteiger partial charge in [0.2, 0.25) is 5.88 Å². The van der Waals surface area contributed by atoms with Crippen LogP contribution in [0.25, 0.3) is 11.5 Å². The van der Waals surface area contributed by atoms with E-state index in [0.717, 1.165) is 5.56 Å². The summed E-state index contributed by atoms with van der Waals surface area (Å²) in [5.41, 5.74) is 1.87. The Hall–Kier alpha value is -3.52. The average Bonchev–Trinajstić information content (AvgIpc) is 3.39. The second-order valence-corrected chi connectivity index (χ2v) is 6.34. The number of carbonyl (C=O) groups excluding carboxylic acids is 1. The van der Waals surface area contributed by atoms with E-state index in [1.165, 1.54) is 23.7 Å². The van der Waals surface area contributed by atoms with E-state index < -0.39 is 0 Å². The van der Waals surface area contributed by atoms with E-state index >= 15 is 0 Å². The van der Waals surface area contributed by atoms with E-state index in [4.69, 9.17) is 9.15 Å². The number of hydrogen-bond acceptors (Lipinski definition) is 7. The fraction of sp³-hybridized carbons (Fsp3) is 0.0526. The number of nitrogens with zero attached hydrogens (tertiary/aromatic N) is 3. The number of amides is 1. The third kappa shape index (κ3) is 4.18. The van der Waals surface area contributed by atoms with E-state index in [2.05, 4.69) is 20.3 Å². The number of nitrogens with one attached hydrogen (secondary N) is 1. The van der Waals surface area contributed by atoms with E-state index in [1.54, 1.807) is 18.4 Å². The summed E-state index contributed by atoms with van der Waals surface area (Å²) in [6, 6.07) is 14.8. The minimum Gasteiger partial charge on any atom is -0.473 e. The van der Waals surface area contributed by atoms with Gasteiger partial charge in [0, 0.05) is 11.4 Å². The summed E-state index contributed by atoms with van der Waals surface area (Å²) in [6.07, 6.45) is 2.87. The molecule has 3 aromatic heterocycles. The topological polar surface area (TPSA) is 90.1 Å². The summed E-state index contributed by atoms with van der Waals surface area (Å²) in [5, 5.41) is 4.99. The van der Waals surface area contributed by atoms with Gasteiger partial charge in [-0.05, 0) is 17.7 Å². The molecule has 8 heteroatoms. The highest BCUT2D eigenvalue weighted by Gasteiger charge is 2.13. The van der Waals surface area contributed by atoms with Crippen molar-refractivity contribution in [2.75, 3.05) is 5.32 Å². The fourth-order valence-electron chi connectivity index (χ4n) is 2.30. The SMILES string of the molecule is O=C(Nc1nc(-c2ccco2)cs1)c1cc(OCc2ccccc2)ncn1. The number of ether oxygens (including phenoxy) is 1. The summed E-state index contributed by atoms with van der Waals surface area (Å²) in [4.78, 5) is 24.8. The lowest BCUT2D eigenvalue weighted by Crippen LogP contribution is -2.14. The Labute approximate surface area is 158 Å². The first kappa shape index (κ1) is 16.9. The zero-order valence-corrected chi connectivity index (χ0v) is 14.8. The summed E-state index contributed by atoms with van der Waals surface area (Å²) in [5.74, 6) is 0.585. The molecule has 0 fully saturated rings. The zero-order chi connectivity index (χ0) is 18.5. The lowest BCUT2D eigenvalue weighted by atomic mass is 10.2. The quantitative estimate of drug-likeness (QED) is 0.545. The van der Waals surface area contributed by atoms with Crippen molar-refractivity contribution < 1.29 is 13.9 Å². The van der Waals surface area contributed by atoms with Crippen LogP contribution in [0.15, 0.2) is 70.9 Å². The van der Waals surface area contributed by atoms with Gasteiger partial charge in [0.15, 0.2) is 10.9 Å². The summed E-state index contributed by atoms with van der Waals surface area (Å²) in [6.45, 7) is 0.359. The minimum absolute atomic E-state index is 0.197. The van der Waals surface area contributed by atoms with Crippen molar-refractivity contribution in [2.45, 2.75) is 6.61 Å². The molecule has 27 heavy (non-hydrogen) atoms. The van der Waals surface area contributed by atoms with Gasteiger partial charge in [-0.25, -0.2) is 15.0 Å². The van der Waals surface area contributed by atoms with Gasteiger partial charge in [0.05, 0.1) is 6.26 Å². The first-order valence-electron chi connectivity index (χ1n) is 8.07. The Balaban J connectivity index is 1.41. The molecule has 134 valence electrons. The highest BCUT2D eigenvalue weighted by Crippen LogP contribution is 2.25. The Morgan fingerprint density at radius 3 is 2.85 bits per heavy atom. The Morgan fingerprint density at radius 2 is 2.04 bits per heavy atom. The molecule has 0 saturated carbocycles. The van der Waals surface area contributed by atoms with Crippen LogP contribution in [0.5, 0.6) is 5.88 Å². The van der Waals surface area contributed by atoms with Crippen LogP contribution in [0.1, 0.15) is 16.1 Å². The molecule has 0 saturated heterocycles. The smallest absolute Gasteiger partial charge is 0.276 e. The number of aromatic nitrogens is 3. The molecule has 1 amide bonds. The number of benzene rings is 1. The van der Waals surface area contributed by atoms with Crippen LogP contribution in [0.4, 0.5) is 5.13 Å². The van der Waals surface area contributed by atoms with Gasteiger partial charge in [-0.15, -0.1) is 11.3 Å². The van der Waals surface area contributed by atoms with E-state index in [9.17, 15) is 4.79 Å². The number of hydrogen-bond donors (Lipinski definition) is 1. The third-order valence-corrected chi connectivity index (χ3v) is 4.36. The zero-order valence-electron chi connectivity index (χ0n) is 14.0. The number of anilines is 1. The molecular weight excluding hydrogens is 364 g/mol. The average molecular weight is 378 g/mol. The molecule has 0 aliphatic heterocycles. The van der Waals surface area contributed by atoms with Crippen LogP contribution < -0.4 is 10.1 Å². The fourth-order valence-corrected chi connectivity index (χ4v) is 3.00. The molecule has 0 spiro atoms. The van der Waals surface area contributed by atoms with Crippen molar-refractivity contribution in [2.24, 2.45) is 0 Å². The maximum atomic E-state index is 12.4. The van der Waals surface area contributed by atoms with Gasteiger partial charge in [-0.2, -0.15) is 0 Å². The molecule has 0 unspecified atom stereocenters. The summed E-state index contributed by atoms with van der Waals surface area (Å²) < 4.78 is 10.9. The minimum atomic E-state index is -0.387. The second-order valence-electron chi connectivity index (χ2n) is 5.49. The van der Waals surface area contributed by atoms with E-state index in [-0.39, 0.29) is 11.6 Å². The van der Waals surface area contributed by atoms with E-state index in [0.29, 0.717) is 29.1 Å². The van der Waals surface area contributed by atoms with Gasteiger partial charge in [0.25, 0.3) is 5.91 Å². The van der Waals surface area contributed by atoms with Crippen molar-refractivity contribution in [3.8, 4) is 17.3 Å². The standard InChI is InChI=1S/C19H14N4O3S/c24-18(23-19-22-15(11-27-19)16-7-4-8-25-16)14-9-17(21-12-20-14)26-10-13-5-2-1-3-6-13/h1-9,11-12H,10H2,(H,22,23,24). The van der Waals surface area contributed by atoms with Crippen LogP contribution in [0.2, 0.25) is 0 Å². The molecular formula is C19H14N4O3S. The Bertz CT molecular complexity index is 1030. The van der Waals surface area contributed by atoms with Crippen molar-refractivity contribution in [3.63, 3.8) is 0 Å². The van der Waals surface area contributed by atoms with Crippen molar-refractivity contribution in [1.82, 2.24) is 15.0 Å². The van der Waals surface area contributed by atoms with Crippen LogP contribution in [-0.4, -0.2) is 20.9 Å². The largest absolute Gasteiger partial charge is 0.473 e. The molecule has 0 bridgehead atoms. The highest BCUT2D eigenvalue weighted by molar-refractivity contribution is 7.14. The van der Waals surface area contributed by atoms with Gasteiger partial charge in [0.1, 0.15) is 24.3 Å². The molecule has 4 aromatic rings. The van der Waals surface area contributed by atoms with Crippen molar-refractivity contribution in [3.05, 3.63) is 77.8 Å². The first-order chi connectivity index (χ1) is 13.3. The number of carbonyl (C=O) groups is 1. The van der Waals surface area contributed by atoms with Gasteiger partial charge in [-0.1, -0.05) is 30.3 Å². The maximum Gasteiger partial charge on any atom is 0.276 e. The second kappa shape index (κ2) is 7.79. The van der Waals surface area contributed by atoms with Gasteiger partial charge < -0.3 is 9.15 Å². The highest BCUT2D eigenvalue weighted by atomic mass is 32.1. The number of furan rings is 1. The first-order valence-corrected chi connectivity index (χ1v) is 8.95. The van der Waals surface area contributed by atoms with Crippen molar-refractivity contribution in [1.29, 1.82) is 0 Å². The molecule has 3 heterocycles. The predicted octanol–water partition coefficient (Wildman–Crippen LogP) is 4.02. The van der Waals surface area contributed by atoms with Gasteiger partial charge >= 0.3 is 0 Å². The van der Waals surface area contributed by atoms with Crippen LogP contribution in [0.3, 0.4) is 0 Å². The third-order valence-electron chi connectivity index (χ3n) is 3.60. The van der Waals surface area contributed by atoms with Crippen LogP contribution in [0, 0.1) is 0 Å².